The van der Waals surface area contributed by atoms with Crippen LogP contribution in [0.4, 0.5) is 15.8 Å². The molecule has 2 aromatic carbocycles. The molecule has 1 saturated heterocycles. The molecule has 0 amide bonds. The number of fused-ring (bicyclic) bond motifs is 1. The zero-order valence-electron chi connectivity index (χ0n) is 14.1. The number of phenols is 1. The van der Waals surface area contributed by atoms with Crippen LogP contribution in [0, 0.1) is 0 Å². The van der Waals surface area contributed by atoms with Crippen molar-refractivity contribution in [3.8, 4) is 5.75 Å². The van der Waals surface area contributed by atoms with Gasteiger partial charge in [0, 0.05) is 47.5 Å². The number of phenolic OH excluding ortho intramolecular Hbond substituents is 1. The Morgan fingerprint density at radius 1 is 1.23 bits per heavy atom. The molecule has 134 valence electrons. The van der Waals surface area contributed by atoms with Crippen molar-refractivity contribution < 1.29 is 9.50 Å². The molecule has 1 aliphatic rings. The van der Waals surface area contributed by atoms with E-state index < -0.39 is 6.17 Å². The van der Waals surface area contributed by atoms with Crippen LogP contribution < -0.4 is 5.32 Å². The minimum absolute atomic E-state index is 0.189. The molecule has 4 rings (SSSR count). The van der Waals surface area contributed by atoms with Gasteiger partial charge < -0.3 is 10.4 Å². The number of benzene rings is 2. The first kappa shape index (κ1) is 17.1. The molecule has 0 spiro atoms. The second-order valence-corrected chi connectivity index (χ2v) is 7.02. The summed E-state index contributed by atoms with van der Waals surface area (Å²) in [5.74, 6) is 0.189. The largest absolute Gasteiger partial charge is 0.505 e. The van der Waals surface area contributed by atoms with Gasteiger partial charge in [0.05, 0.1) is 11.2 Å². The van der Waals surface area contributed by atoms with E-state index in [1.807, 2.05) is 41.3 Å². The monoisotopic (exact) mass is 371 g/mol. The highest BCUT2D eigenvalue weighted by Gasteiger charge is 2.22. The van der Waals surface area contributed by atoms with E-state index in [-0.39, 0.29) is 5.75 Å². The van der Waals surface area contributed by atoms with E-state index in [2.05, 4.69) is 10.3 Å². The van der Waals surface area contributed by atoms with E-state index in [0.29, 0.717) is 36.8 Å². The average Bonchev–Trinajstić information content (AvgIpc) is 3.03. The Bertz CT molecular complexity index is 949. The summed E-state index contributed by atoms with van der Waals surface area (Å²) in [5.41, 5.74) is 3.01. The quantitative estimate of drug-likeness (QED) is 0.641. The van der Waals surface area contributed by atoms with Crippen molar-refractivity contribution in [1.82, 2.24) is 9.88 Å². The SMILES string of the molecule is Oc1c(CN2CCC(F)C2)cccc1Nc1ccnc2cc(Cl)ccc12. The molecule has 1 atom stereocenters. The van der Waals surface area contributed by atoms with Crippen molar-refractivity contribution in [2.45, 2.75) is 19.1 Å². The van der Waals surface area contributed by atoms with Gasteiger partial charge in [-0.15, -0.1) is 0 Å². The zero-order chi connectivity index (χ0) is 18.1. The molecule has 0 aliphatic carbocycles. The van der Waals surface area contributed by atoms with Gasteiger partial charge in [0.1, 0.15) is 11.9 Å². The van der Waals surface area contributed by atoms with Gasteiger partial charge in [0.2, 0.25) is 0 Å². The standard InChI is InChI=1S/C20H19ClFN3O/c21-14-4-5-16-17(6-8-23-19(16)10-14)24-18-3-1-2-13(20(18)26)11-25-9-7-15(22)12-25/h1-6,8,10,15,26H,7,9,11-12H2,(H,23,24). The summed E-state index contributed by atoms with van der Waals surface area (Å²) < 4.78 is 13.4. The summed E-state index contributed by atoms with van der Waals surface area (Å²) in [6.45, 7) is 1.68. The fourth-order valence-electron chi connectivity index (χ4n) is 3.37. The molecule has 26 heavy (non-hydrogen) atoms. The summed E-state index contributed by atoms with van der Waals surface area (Å²) in [4.78, 5) is 6.35. The normalized spacial score (nSPS) is 17.7. The van der Waals surface area contributed by atoms with Crippen LogP contribution >= 0.6 is 11.6 Å². The predicted octanol–water partition coefficient (Wildman–Crippen LogP) is 4.88. The molecule has 3 aromatic rings. The Morgan fingerprint density at radius 3 is 2.92 bits per heavy atom. The lowest BCUT2D eigenvalue weighted by atomic mass is 10.1. The molecular weight excluding hydrogens is 353 g/mol. The fraction of sp³-hybridized carbons (Fsp3) is 0.250. The maximum atomic E-state index is 13.4. The van der Waals surface area contributed by atoms with Gasteiger partial charge in [-0.1, -0.05) is 23.7 Å². The number of hydrogen-bond acceptors (Lipinski definition) is 4. The average molecular weight is 372 g/mol. The number of anilines is 2. The number of pyridine rings is 1. The predicted molar refractivity (Wildman–Crippen MR) is 103 cm³/mol. The van der Waals surface area contributed by atoms with Gasteiger partial charge in [-0.2, -0.15) is 0 Å². The molecule has 2 heterocycles. The molecule has 0 radical (unpaired) electrons. The summed E-state index contributed by atoms with van der Waals surface area (Å²) in [7, 11) is 0. The van der Waals surface area contributed by atoms with E-state index >= 15 is 0 Å². The van der Waals surface area contributed by atoms with Crippen molar-refractivity contribution in [2.24, 2.45) is 0 Å². The van der Waals surface area contributed by atoms with Gasteiger partial charge in [-0.25, -0.2) is 4.39 Å². The molecule has 2 N–H and O–H groups in total. The van der Waals surface area contributed by atoms with Gasteiger partial charge in [-0.3, -0.25) is 9.88 Å². The van der Waals surface area contributed by atoms with Crippen LogP contribution in [-0.2, 0) is 6.54 Å². The van der Waals surface area contributed by atoms with E-state index in [1.165, 1.54) is 0 Å². The van der Waals surface area contributed by atoms with Crippen LogP contribution in [0.3, 0.4) is 0 Å². The molecular formula is C20H19ClFN3O. The molecule has 4 nitrogen and oxygen atoms in total. The molecule has 1 fully saturated rings. The summed E-state index contributed by atoms with van der Waals surface area (Å²) in [5, 5.41) is 15.5. The summed E-state index contributed by atoms with van der Waals surface area (Å²) >= 11 is 6.04. The fourth-order valence-corrected chi connectivity index (χ4v) is 3.53. The number of hydrogen-bond donors (Lipinski definition) is 2. The number of para-hydroxylation sites is 1. The van der Waals surface area contributed by atoms with Crippen molar-refractivity contribution in [1.29, 1.82) is 0 Å². The lowest BCUT2D eigenvalue weighted by molar-refractivity contribution is 0.279. The number of nitrogens with zero attached hydrogens (tertiary/aromatic N) is 2. The van der Waals surface area contributed by atoms with E-state index in [9.17, 15) is 9.50 Å². The lowest BCUT2D eigenvalue weighted by Crippen LogP contribution is -2.20. The Labute approximate surface area is 156 Å². The number of halogens is 2. The minimum atomic E-state index is -0.770. The van der Waals surface area contributed by atoms with Gasteiger partial charge in [-0.05, 0) is 36.8 Å². The third-order valence-electron chi connectivity index (χ3n) is 4.70. The third-order valence-corrected chi connectivity index (χ3v) is 4.94. The molecule has 0 bridgehead atoms. The van der Waals surface area contributed by atoms with E-state index in [1.54, 1.807) is 12.3 Å². The van der Waals surface area contributed by atoms with Crippen LogP contribution in [0.5, 0.6) is 5.75 Å². The zero-order valence-corrected chi connectivity index (χ0v) is 14.9. The van der Waals surface area contributed by atoms with Crippen molar-refractivity contribution in [3.05, 3.63) is 59.2 Å². The molecule has 1 aromatic heterocycles. The van der Waals surface area contributed by atoms with Crippen molar-refractivity contribution in [2.75, 3.05) is 18.4 Å². The number of nitrogens with one attached hydrogen (secondary N) is 1. The Balaban J connectivity index is 1.62. The van der Waals surface area contributed by atoms with Gasteiger partial charge >= 0.3 is 0 Å². The van der Waals surface area contributed by atoms with Crippen LogP contribution in [0.25, 0.3) is 10.9 Å². The van der Waals surface area contributed by atoms with E-state index in [4.69, 9.17) is 11.6 Å². The Morgan fingerprint density at radius 2 is 2.12 bits per heavy atom. The number of rotatable bonds is 4. The molecule has 6 heteroatoms. The smallest absolute Gasteiger partial charge is 0.143 e. The number of likely N-dealkylation sites (tertiary alicyclic amines) is 1. The first-order valence-corrected chi connectivity index (χ1v) is 8.96. The Kier molecular flexibility index (Phi) is 4.66. The highest BCUT2D eigenvalue weighted by molar-refractivity contribution is 6.31. The van der Waals surface area contributed by atoms with Crippen LogP contribution in [-0.4, -0.2) is 34.3 Å². The van der Waals surface area contributed by atoms with Crippen molar-refractivity contribution >= 4 is 33.9 Å². The number of aromatic nitrogens is 1. The third kappa shape index (κ3) is 3.45. The summed E-state index contributed by atoms with van der Waals surface area (Å²) in [6, 6.07) is 13.0. The first-order chi connectivity index (χ1) is 12.6. The Hall–Kier alpha value is -2.37. The van der Waals surface area contributed by atoms with Gasteiger partial charge in [0.25, 0.3) is 0 Å². The van der Waals surface area contributed by atoms with Crippen LogP contribution in [0.1, 0.15) is 12.0 Å². The highest BCUT2D eigenvalue weighted by atomic mass is 35.5. The molecule has 1 unspecified atom stereocenters. The van der Waals surface area contributed by atoms with E-state index in [0.717, 1.165) is 22.2 Å². The minimum Gasteiger partial charge on any atom is -0.505 e. The molecule has 1 aliphatic heterocycles. The maximum Gasteiger partial charge on any atom is 0.143 e. The maximum absolute atomic E-state index is 13.4. The second kappa shape index (κ2) is 7.09. The van der Waals surface area contributed by atoms with Gasteiger partial charge in [0.15, 0.2) is 0 Å². The topological polar surface area (TPSA) is 48.4 Å². The van der Waals surface area contributed by atoms with Crippen LogP contribution in [0.2, 0.25) is 5.02 Å². The summed E-state index contributed by atoms with van der Waals surface area (Å²) in [6.07, 6.45) is 1.49. The number of aromatic hydroxyl groups is 1. The first-order valence-electron chi connectivity index (χ1n) is 8.59. The van der Waals surface area contributed by atoms with Crippen molar-refractivity contribution in [3.63, 3.8) is 0 Å². The molecule has 0 saturated carbocycles. The second-order valence-electron chi connectivity index (χ2n) is 6.58. The number of alkyl halides is 1. The van der Waals surface area contributed by atoms with Crippen LogP contribution in [0.15, 0.2) is 48.7 Å². The lowest BCUT2D eigenvalue weighted by Gasteiger charge is -2.18. The highest BCUT2D eigenvalue weighted by Crippen LogP contribution is 2.34.